The van der Waals surface area contributed by atoms with Crippen LogP contribution in [-0.2, 0) is 14.8 Å². The second-order valence-corrected chi connectivity index (χ2v) is 9.84. The maximum Gasteiger partial charge on any atom is 0.241 e. The summed E-state index contributed by atoms with van der Waals surface area (Å²) in [6.45, 7) is 3.47. The fourth-order valence-electron chi connectivity index (χ4n) is 3.24. The number of hydrogen-bond acceptors (Lipinski definition) is 3. The van der Waals surface area contributed by atoms with Gasteiger partial charge >= 0.3 is 0 Å². The molecule has 1 atom stereocenters. The van der Waals surface area contributed by atoms with E-state index in [1.807, 2.05) is 68.4 Å². The van der Waals surface area contributed by atoms with Gasteiger partial charge < -0.3 is 5.32 Å². The molecule has 31 heavy (non-hydrogen) atoms. The van der Waals surface area contributed by atoms with E-state index in [1.54, 1.807) is 18.2 Å². The number of anilines is 1. The second kappa shape index (κ2) is 9.54. The molecule has 0 spiro atoms. The van der Waals surface area contributed by atoms with Crippen LogP contribution in [0.15, 0.2) is 72.8 Å². The van der Waals surface area contributed by atoms with Crippen molar-refractivity contribution in [1.82, 2.24) is 5.32 Å². The zero-order chi connectivity index (χ0) is 22.6. The largest absolute Gasteiger partial charge is 0.344 e. The molecule has 0 aliphatic carbocycles. The van der Waals surface area contributed by atoms with E-state index in [1.165, 1.54) is 0 Å². The predicted octanol–water partition coefficient (Wildman–Crippen LogP) is 4.63. The summed E-state index contributed by atoms with van der Waals surface area (Å²) in [5.41, 5.74) is 4.10. The Morgan fingerprint density at radius 2 is 1.58 bits per heavy atom. The molecule has 7 heteroatoms. The molecule has 0 heterocycles. The summed E-state index contributed by atoms with van der Waals surface area (Å²) in [6, 6.07) is 22.0. The lowest BCUT2D eigenvalue weighted by Crippen LogP contribution is -2.41. The minimum Gasteiger partial charge on any atom is -0.344 e. The molecule has 0 bridgehead atoms. The van der Waals surface area contributed by atoms with E-state index >= 15 is 0 Å². The molecular formula is C24H25ClN2O3S. The zero-order valence-corrected chi connectivity index (χ0v) is 19.2. The Morgan fingerprint density at radius 1 is 0.968 bits per heavy atom. The van der Waals surface area contributed by atoms with E-state index in [0.29, 0.717) is 10.7 Å². The summed E-state index contributed by atoms with van der Waals surface area (Å²) in [5, 5.41) is 3.43. The fraction of sp³-hybridized carbons (Fsp3) is 0.208. The lowest BCUT2D eigenvalue weighted by Gasteiger charge is -2.25. The highest BCUT2D eigenvalue weighted by Crippen LogP contribution is 2.26. The Labute approximate surface area is 188 Å². The Hall–Kier alpha value is -2.83. The van der Waals surface area contributed by atoms with Crippen molar-refractivity contribution in [2.75, 3.05) is 17.1 Å². The number of carbonyl (C=O) groups is 1. The van der Waals surface area contributed by atoms with Crippen molar-refractivity contribution in [1.29, 1.82) is 0 Å². The number of amides is 1. The molecule has 1 unspecified atom stereocenters. The van der Waals surface area contributed by atoms with E-state index in [4.69, 9.17) is 11.6 Å². The van der Waals surface area contributed by atoms with Crippen molar-refractivity contribution < 1.29 is 13.2 Å². The third-order valence-corrected chi connectivity index (χ3v) is 6.53. The first-order chi connectivity index (χ1) is 14.6. The molecular weight excluding hydrogens is 432 g/mol. The SMILES string of the molecule is Cc1ccc(C(NC(=O)CN(c2ccc(C)c(Cl)c2)S(C)(=O)=O)c2ccccc2)cc1. The van der Waals surface area contributed by atoms with Gasteiger partial charge in [0.2, 0.25) is 15.9 Å². The van der Waals surface area contributed by atoms with E-state index < -0.39 is 22.0 Å². The normalized spacial score (nSPS) is 12.3. The molecule has 0 radical (unpaired) electrons. The van der Waals surface area contributed by atoms with Crippen LogP contribution in [0.25, 0.3) is 0 Å². The molecule has 5 nitrogen and oxygen atoms in total. The number of carbonyl (C=O) groups excluding carboxylic acids is 1. The standard InChI is InChI=1S/C24H25ClN2O3S/c1-17-9-12-20(13-10-17)24(19-7-5-4-6-8-19)26-23(28)16-27(31(3,29)30)21-14-11-18(2)22(25)15-21/h4-15,24H,16H2,1-3H3,(H,26,28). The molecule has 162 valence electrons. The summed E-state index contributed by atoms with van der Waals surface area (Å²) in [4.78, 5) is 13.0. The minimum atomic E-state index is -3.70. The highest BCUT2D eigenvalue weighted by Gasteiger charge is 2.24. The maximum absolute atomic E-state index is 13.0. The van der Waals surface area contributed by atoms with Crippen molar-refractivity contribution in [2.45, 2.75) is 19.9 Å². The number of halogens is 1. The first kappa shape index (κ1) is 22.8. The van der Waals surface area contributed by atoms with Gasteiger partial charge in [0.15, 0.2) is 0 Å². The van der Waals surface area contributed by atoms with Crippen molar-refractivity contribution in [3.05, 3.63) is 100 Å². The molecule has 0 aliphatic rings. The van der Waals surface area contributed by atoms with Crippen LogP contribution in [0, 0.1) is 13.8 Å². The molecule has 0 saturated heterocycles. The van der Waals surface area contributed by atoms with Gasteiger partial charge in [-0.05, 0) is 42.7 Å². The smallest absolute Gasteiger partial charge is 0.241 e. The number of sulfonamides is 1. The number of nitrogens with one attached hydrogen (secondary N) is 1. The van der Waals surface area contributed by atoms with Gasteiger partial charge in [0.05, 0.1) is 18.0 Å². The van der Waals surface area contributed by atoms with Crippen LogP contribution < -0.4 is 9.62 Å². The van der Waals surface area contributed by atoms with Crippen LogP contribution in [-0.4, -0.2) is 27.1 Å². The highest BCUT2D eigenvalue weighted by molar-refractivity contribution is 7.92. The third-order valence-electron chi connectivity index (χ3n) is 4.98. The highest BCUT2D eigenvalue weighted by atomic mass is 35.5. The average molecular weight is 457 g/mol. The maximum atomic E-state index is 13.0. The van der Waals surface area contributed by atoms with E-state index in [0.717, 1.165) is 32.8 Å². The number of nitrogens with zero attached hydrogens (tertiary/aromatic N) is 1. The van der Waals surface area contributed by atoms with Crippen LogP contribution in [0.2, 0.25) is 5.02 Å². The number of rotatable bonds is 7. The van der Waals surface area contributed by atoms with Gasteiger partial charge in [-0.1, -0.05) is 77.8 Å². The summed E-state index contributed by atoms with van der Waals surface area (Å²) in [7, 11) is -3.70. The topological polar surface area (TPSA) is 66.5 Å². The van der Waals surface area contributed by atoms with Crippen molar-refractivity contribution in [3.8, 4) is 0 Å². The summed E-state index contributed by atoms with van der Waals surface area (Å²) in [6.07, 6.45) is 1.07. The molecule has 1 N–H and O–H groups in total. The van der Waals surface area contributed by atoms with Crippen LogP contribution in [0.5, 0.6) is 0 Å². The monoisotopic (exact) mass is 456 g/mol. The summed E-state index contributed by atoms with van der Waals surface area (Å²) >= 11 is 6.18. The van der Waals surface area contributed by atoms with Crippen LogP contribution in [0.4, 0.5) is 5.69 Å². The third kappa shape index (κ3) is 5.87. The fourth-order valence-corrected chi connectivity index (χ4v) is 4.26. The Morgan fingerprint density at radius 3 is 2.16 bits per heavy atom. The van der Waals surface area contributed by atoms with Crippen molar-refractivity contribution >= 4 is 33.2 Å². The number of aryl methyl sites for hydroxylation is 2. The van der Waals surface area contributed by atoms with Gasteiger partial charge in [0, 0.05) is 5.02 Å². The Kier molecular flexibility index (Phi) is 7.03. The number of benzene rings is 3. The molecule has 0 saturated carbocycles. The summed E-state index contributed by atoms with van der Waals surface area (Å²) in [5.74, 6) is -0.420. The van der Waals surface area contributed by atoms with Crippen molar-refractivity contribution in [3.63, 3.8) is 0 Å². The molecule has 0 aliphatic heterocycles. The van der Waals surface area contributed by atoms with Crippen molar-refractivity contribution in [2.24, 2.45) is 0 Å². The molecule has 1 amide bonds. The second-order valence-electron chi connectivity index (χ2n) is 7.53. The molecule has 3 aromatic carbocycles. The lowest BCUT2D eigenvalue weighted by molar-refractivity contribution is -0.120. The van der Waals surface area contributed by atoms with E-state index in [2.05, 4.69) is 5.32 Å². The van der Waals surface area contributed by atoms with Crippen LogP contribution in [0.3, 0.4) is 0 Å². The Balaban J connectivity index is 1.89. The van der Waals surface area contributed by atoms with Crippen LogP contribution in [0.1, 0.15) is 28.3 Å². The van der Waals surface area contributed by atoms with Gasteiger partial charge in [-0.15, -0.1) is 0 Å². The Bertz CT molecular complexity index is 1160. The molecule has 3 aromatic rings. The van der Waals surface area contributed by atoms with Crippen LogP contribution >= 0.6 is 11.6 Å². The first-order valence-electron chi connectivity index (χ1n) is 9.80. The van der Waals surface area contributed by atoms with Gasteiger partial charge in [-0.3, -0.25) is 9.10 Å². The quantitative estimate of drug-likeness (QED) is 0.563. The van der Waals surface area contributed by atoms with E-state index in [-0.39, 0.29) is 6.54 Å². The van der Waals surface area contributed by atoms with Gasteiger partial charge in [-0.2, -0.15) is 0 Å². The first-order valence-corrected chi connectivity index (χ1v) is 12.0. The van der Waals surface area contributed by atoms with Gasteiger partial charge in [0.1, 0.15) is 6.54 Å². The minimum absolute atomic E-state index is 0.347. The lowest BCUT2D eigenvalue weighted by atomic mass is 9.98. The van der Waals surface area contributed by atoms with E-state index in [9.17, 15) is 13.2 Å². The predicted molar refractivity (Wildman–Crippen MR) is 126 cm³/mol. The summed E-state index contributed by atoms with van der Waals surface area (Å²) < 4.78 is 25.9. The molecule has 0 fully saturated rings. The number of hydrogen-bond donors (Lipinski definition) is 1. The van der Waals surface area contributed by atoms with Gasteiger partial charge in [-0.25, -0.2) is 8.42 Å². The molecule has 0 aromatic heterocycles. The average Bonchev–Trinajstić information content (AvgIpc) is 2.73. The molecule has 3 rings (SSSR count). The zero-order valence-electron chi connectivity index (χ0n) is 17.7. The van der Waals surface area contributed by atoms with Gasteiger partial charge in [0.25, 0.3) is 0 Å².